The molecule has 152 valence electrons. The van der Waals surface area contributed by atoms with Crippen LogP contribution in [0.15, 0.2) is 0 Å². The van der Waals surface area contributed by atoms with Crippen LogP contribution in [0.5, 0.6) is 0 Å². The molecule has 0 aliphatic heterocycles. The molecule has 0 aromatic carbocycles. The third kappa shape index (κ3) is 9.64. The van der Waals surface area contributed by atoms with Gasteiger partial charge in [-0.3, -0.25) is 9.59 Å². The molecule has 0 bridgehead atoms. The molecule has 0 saturated heterocycles. The molecule has 6 heteroatoms. The fourth-order valence-corrected chi connectivity index (χ4v) is 3.17. The Bertz CT molecular complexity index is 394. The Balaban J connectivity index is 2.02. The van der Waals surface area contributed by atoms with Gasteiger partial charge in [-0.25, -0.2) is 0 Å². The van der Waals surface area contributed by atoms with Crippen LogP contribution >= 0.6 is 0 Å². The number of ketones is 1. The normalized spacial score (nSPS) is 21.3. The van der Waals surface area contributed by atoms with Crippen molar-refractivity contribution in [1.29, 1.82) is 0 Å². The standard InChI is InChI=1S/C20H37NO5/c1-4-16(3)20(23)17-6-8-18(9-7-17)21-19(22)10-11-25-14-15-26-13-12-24-5-2/h16-18H,4-15H2,1-3H3,(H,21,22). The van der Waals surface area contributed by atoms with Gasteiger partial charge in [-0.2, -0.15) is 0 Å². The summed E-state index contributed by atoms with van der Waals surface area (Å²) in [6.45, 7) is 9.30. The van der Waals surface area contributed by atoms with Gasteiger partial charge in [-0.15, -0.1) is 0 Å². The van der Waals surface area contributed by atoms with Crippen molar-refractivity contribution in [3.8, 4) is 0 Å². The predicted octanol–water partition coefficient (Wildman–Crippen LogP) is 2.74. The van der Waals surface area contributed by atoms with E-state index in [2.05, 4.69) is 12.2 Å². The minimum Gasteiger partial charge on any atom is -0.379 e. The highest BCUT2D eigenvalue weighted by atomic mass is 16.5. The highest BCUT2D eigenvalue weighted by molar-refractivity contribution is 5.83. The molecular weight excluding hydrogens is 334 g/mol. The number of hydrogen-bond acceptors (Lipinski definition) is 5. The van der Waals surface area contributed by atoms with Gasteiger partial charge in [0.1, 0.15) is 5.78 Å². The topological polar surface area (TPSA) is 73.9 Å². The molecule has 1 saturated carbocycles. The molecule has 1 rings (SSSR count). The summed E-state index contributed by atoms with van der Waals surface area (Å²) in [6.07, 6.45) is 4.85. The maximum absolute atomic E-state index is 12.2. The summed E-state index contributed by atoms with van der Waals surface area (Å²) in [4.78, 5) is 24.2. The molecule has 6 nitrogen and oxygen atoms in total. The second kappa shape index (κ2) is 14.1. The molecule has 26 heavy (non-hydrogen) atoms. The molecule has 0 radical (unpaired) electrons. The fourth-order valence-electron chi connectivity index (χ4n) is 3.17. The van der Waals surface area contributed by atoms with Crippen LogP contribution in [0.4, 0.5) is 0 Å². The largest absolute Gasteiger partial charge is 0.379 e. The number of carbonyl (C=O) groups excluding carboxylic acids is 2. The van der Waals surface area contributed by atoms with Crippen LogP contribution < -0.4 is 5.32 Å². The lowest BCUT2D eigenvalue weighted by Gasteiger charge is -2.29. The Hall–Kier alpha value is -0.980. The fraction of sp³-hybridized carbons (Fsp3) is 0.900. The van der Waals surface area contributed by atoms with E-state index in [0.29, 0.717) is 51.8 Å². The molecule has 1 fully saturated rings. The second-order valence-electron chi connectivity index (χ2n) is 7.00. The van der Waals surface area contributed by atoms with Gasteiger partial charge in [0, 0.05) is 30.9 Å². The van der Waals surface area contributed by atoms with Crippen molar-refractivity contribution in [3.05, 3.63) is 0 Å². The van der Waals surface area contributed by atoms with Crippen molar-refractivity contribution < 1.29 is 23.8 Å². The summed E-state index contributed by atoms with van der Waals surface area (Å²) in [5.74, 6) is 0.767. The zero-order valence-corrected chi connectivity index (χ0v) is 16.8. The lowest BCUT2D eigenvalue weighted by molar-refractivity contribution is -0.127. The zero-order chi connectivity index (χ0) is 19.2. The minimum atomic E-state index is 0.0268. The van der Waals surface area contributed by atoms with E-state index in [1.54, 1.807) is 0 Å². The maximum Gasteiger partial charge on any atom is 0.222 e. The van der Waals surface area contributed by atoms with Crippen LogP contribution in [0.3, 0.4) is 0 Å². The van der Waals surface area contributed by atoms with Crippen LogP contribution in [-0.4, -0.2) is 57.4 Å². The second-order valence-corrected chi connectivity index (χ2v) is 7.00. The highest BCUT2D eigenvalue weighted by Gasteiger charge is 2.28. The molecule has 1 N–H and O–H groups in total. The van der Waals surface area contributed by atoms with E-state index in [9.17, 15) is 9.59 Å². The summed E-state index contributed by atoms with van der Waals surface area (Å²) in [5, 5.41) is 3.07. The Morgan fingerprint density at radius 3 is 2.08 bits per heavy atom. The van der Waals surface area contributed by atoms with Crippen LogP contribution in [0.25, 0.3) is 0 Å². The third-order valence-corrected chi connectivity index (χ3v) is 5.01. The summed E-state index contributed by atoms with van der Waals surface area (Å²) in [7, 11) is 0. The number of ether oxygens (including phenoxy) is 3. The van der Waals surface area contributed by atoms with Crippen LogP contribution in [0.2, 0.25) is 0 Å². The van der Waals surface area contributed by atoms with E-state index in [-0.39, 0.29) is 23.8 Å². The van der Waals surface area contributed by atoms with Gasteiger partial charge in [0.15, 0.2) is 0 Å². The highest BCUT2D eigenvalue weighted by Crippen LogP contribution is 2.28. The molecule has 0 spiro atoms. The van der Waals surface area contributed by atoms with E-state index in [4.69, 9.17) is 14.2 Å². The maximum atomic E-state index is 12.2. The molecule has 1 amide bonds. The first-order valence-electron chi connectivity index (χ1n) is 10.1. The number of amides is 1. The molecule has 0 aromatic heterocycles. The average molecular weight is 372 g/mol. The molecule has 0 aromatic rings. The van der Waals surface area contributed by atoms with Gasteiger partial charge in [-0.1, -0.05) is 13.8 Å². The number of hydrogen-bond donors (Lipinski definition) is 1. The number of nitrogens with one attached hydrogen (secondary N) is 1. The summed E-state index contributed by atoms with van der Waals surface area (Å²) in [6, 6.07) is 0.199. The Morgan fingerprint density at radius 2 is 1.50 bits per heavy atom. The van der Waals surface area contributed by atoms with Crippen molar-refractivity contribution >= 4 is 11.7 Å². The summed E-state index contributed by atoms with van der Waals surface area (Å²) in [5.41, 5.74) is 0. The van der Waals surface area contributed by atoms with E-state index in [1.807, 2.05) is 13.8 Å². The average Bonchev–Trinajstić information content (AvgIpc) is 2.66. The lowest BCUT2D eigenvalue weighted by Crippen LogP contribution is -2.39. The van der Waals surface area contributed by atoms with Gasteiger partial charge in [0.05, 0.1) is 33.0 Å². The van der Waals surface area contributed by atoms with Gasteiger partial charge in [0.25, 0.3) is 0 Å². The SMILES string of the molecule is CCOCCOCCOCCC(=O)NC1CCC(C(=O)C(C)CC)CC1. The van der Waals surface area contributed by atoms with Crippen molar-refractivity contribution in [1.82, 2.24) is 5.32 Å². The van der Waals surface area contributed by atoms with Gasteiger partial charge in [0.2, 0.25) is 5.91 Å². The van der Waals surface area contributed by atoms with Crippen molar-refractivity contribution in [2.24, 2.45) is 11.8 Å². The molecular formula is C20H37NO5. The molecule has 1 aliphatic rings. The summed E-state index contributed by atoms with van der Waals surface area (Å²) >= 11 is 0. The van der Waals surface area contributed by atoms with Gasteiger partial charge in [-0.05, 0) is 39.0 Å². The smallest absolute Gasteiger partial charge is 0.222 e. The predicted molar refractivity (Wildman–Crippen MR) is 101 cm³/mol. The lowest BCUT2D eigenvalue weighted by atomic mass is 9.79. The van der Waals surface area contributed by atoms with Gasteiger partial charge < -0.3 is 19.5 Å². The van der Waals surface area contributed by atoms with Crippen LogP contribution in [-0.2, 0) is 23.8 Å². The number of Topliss-reactive ketones (excluding diaryl/α,β-unsaturated/α-hetero) is 1. The molecule has 1 atom stereocenters. The third-order valence-electron chi connectivity index (χ3n) is 5.01. The Morgan fingerprint density at radius 1 is 0.923 bits per heavy atom. The first-order chi connectivity index (χ1) is 12.6. The quantitative estimate of drug-likeness (QED) is 0.475. The Kier molecular flexibility index (Phi) is 12.5. The van der Waals surface area contributed by atoms with Crippen LogP contribution in [0.1, 0.15) is 59.3 Å². The number of carbonyl (C=O) groups is 2. The van der Waals surface area contributed by atoms with Crippen molar-refractivity contribution in [2.75, 3.05) is 39.6 Å². The first kappa shape index (κ1) is 23.1. The van der Waals surface area contributed by atoms with E-state index in [0.717, 1.165) is 32.1 Å². The van der Waals surface area contributed by atoms with E-state index < -0.39 is 0 Å². The van der Waals surface area contributed by atoms with Crippen molar-refractivity contribution in [2.45, 2.75) is 65.3 Å². The Labute approximate surface area is 158 Å². The first-order valence-corrected chi connectivity index (χ1v) is 10.1. The molecule has 1 aliphatic carbocycles. The van der Waals surface area contributed by atoms with Crippen LogP contribution in [0, 0.1) is 11.8 Å². The monoisotopic (exact) mass is 371 g/mol. The molecule has 1 unspecified atom stereocenters. The summed E-state index contributed by atoms with van der Waals surface area (Å²) < 4.78 is 15.9. The zero-order valence-electron chi connectivity index (χ0n) is 16.8. The minimum absolute atomic E-state index is 0.0268. The number of rotatable bonds is 14. The van der Waals surface area contributed by atoms with E-state index in [1.165, 1.54) is 0 Å². The molecule has 0 heterocycles. The van der Waals surface area contributed by atoms with Crippen molar-refractivity contribution in [3.63, 3.8) is 0 Å². The van der Waals surface area contributed by atoms with E-state index >= 15 is 0 Å². The van der Waals surface area contributed by atoms with Gasteiger partial charge >= 0.3 is 0 Å².